The molecule has 0 radical (unpaired) electrons. The first-order valence-electron chi connectivity index (χ1n) is 6.71. The Morgan fingerprint density at radius 1 is 1.32 bits per heavy atom. The Morgan fingerprint density at radius 3 is 2.47 bits per heavy atom. The summed E-state index contributed by atoms with van der Waals surface area (Å²) in [6.45, 7) is 4.25. The molecule has 0 aliphatic heterocycles. The lowest BCUT2D eigenvalue weighted by molar-refractivity contribution is -0.122. The minimum atomic E-state index is -0.335. The van der Waals surface area contributed by atoms with Crippen molar-refractivity contribution in [3.05, 3.63) is 29.8 Å². The summed E-state index contributed by atoms with van der Waals surface area (Å²) < 4.78 is 5.52. The van der Waals surface area contributed by atoms with Crippen molar-refractivity contribution in [3.63, 3.8) is 0 Å². The lowest BCUT2D eigenvalue weighted by atomic mass is 10.1. The van der Waals surface area contributed by atoms with Gasteiger partial charge in [-0.2, -0.15) is 0 Å². The Balaban J connectivity index is 2.41. The molecule has 0 aliphatic rings. The van der Waals surface area contributed by atoms with Crippen LogP contribution in [0.4, 0.5) is 0 Å². The van der Waals surface area contributed by atoms with Gasteiger partial charge in [-0.25, -0.2) is 0 Å². The number of nitrogens with one attached hydrogen (secondary N) is 1. The highest BCUT2D eigenvalue weighted by atomic mass is 16.5. The number of primary amides is 1. The number of ether oxygens (including phenoxy) is 1. The standard InChI is InChI=1S/C15H24N2O2/c1-11(15(16)18)10-19-14-8-6-13(7-9-14)5-4-12(2)17-3/h6-9,11-12,17H,4-5,10H2,1-3H3,(H2,16,18). The van der Waals surface area contributed by atoms with Crippen LogP contribution in [-0.4, -0.2) is 25.6 Å². The van der Waals surface area contributed by atoms with Gasteiger partial charge in [-0.05, 0) is 44.5 Å². The Kier molecular flexibility index (Phi) is 6.36. The monoisotopic (exact) mass is 264 g/mol. The quantitative estimate of drug-likeness (QED) is 0.751. The molecule has 1 rings (SSSR count). The third kappa shape index (κ3) is 5.75. The fourth-order valence-electron chi connectivity index (χ4n) is 1.58. The number of nitrogens with two attached hydrogens (primary N) is 1. The predicted octanol–water partition coefficient (Wildman–Crippen LogP) is 1.73. The highest BCUT2D eigenvalue weighted by molar-refractivity contribution is 5.76. The van der Waals surface area contributed by atoms with Gasteiger partial charge in [0.05, 0.1) is 12.5 Å². The maximum atomic E-state index is 10.9. The van der Waals surface area contributed by atoms with Crippen LogP contribution in [0.15, 0.2) is 24.3 Å². The molecule has 4 heteroatoms. The Labute approximate surface area is 115 Å². The van der Waals surface area contributed by atoms with Crippen LogP contribution in [0.2, 0.25) is 0 Å². The molecule has 0 saturated carbocycles. The van der Waals surface area contributed by atoms with Crippen LogP contribution >= 0.6 is 0 Å². The zero-order chi connectivity index (χ0) is 14.3. The average Bonchev–Trinajstić information content (AvgIpc) is 2.42. The van der Waals surface area contributed by atoms with Crippen LogP contribution in [-0.2, 0) is 11.2 Å². The van der Waals surface area contributed by atoms with Crippen molar-refractivity contribution in [1.29, 1.82) is 0 Å². The van der Waals surface area contributed by atoms with Crippen LogP contribution in [0.1, 0.15) is 25.8 Å². The SMILES string of the molecule is CNC(C)CCc1ccc(OCC(C)C(N)=O)cc1. The largest absolute Gasteiger partial charge is 0.493 e. The average molecular weight is 264 g/mol. The Hall–Kier alpha value is -1.55. The molecule has 0 aliphatic carbocycles. The number of aryl methyl sites for hydroxylation is 1. The fourth-order valence-corrected chi connectivity index (χ4v) is 1.58. The normalized spacial score (nSPS) is 13.8. The van der Waals surface area contributed by atoms with E-state index in [0.29, 0.717) is 12.6 Å². The molecule has 106 valence electrons. The van der Waals surface area contributed by atoms with Crippen molar-refractivity contribution in [2.45, 2.75) is 32.7 Å². The smallest absolute Gasteiger partial charge is 0.223 e. The van der Waals surface area contributed by atoms with Gasteiger partial charge >= 0.3 is 0 Å². The number of hydrogen-bond acceptors (Lipinski definition) is 3. The van der Waals surface area contributed by atoms with Gasteiger partial charge in [0, 0.05) is 6.04 Å². The minimum absolute atomic E-state index is 0.267. The molecule has 0 spiro atoms. The van der Waals surface area contributed by atoms with E-state index in [1.807, 2.05) is 19.2 Å². The number of rotatable bonds is 8. The van der Waals surface area contributed by atoms with Crippen molar-refractivity contribution in [3.8, 4) is 5.75 Å². The second kappa shape index (κ2) is 7.79. The number of amides is 1. The van der Waals surface area contributed by atoms with E-state index >= 15 is 0 Å². The van der Waals surface area contributed by atoms with Gasteiger partial charge in [-0.3, -0.25) is 4.79 Å². The van der Waals surface area contributed by atoms with Gasteiger partial charge < -0.3 is 15.8 Å². The van der Waals surface area contributed by atoms with E-state index in [1.165, 1.54) is 5.56 Å². The maximum absolute atomic E-state index is 10.9. The molecule has 4 nitrogen and oxygen atoms in total. The fraction of sp³-hybridized carbons (Fsp3) is 0.533. The number of carbonyl (C=O) groups excluding carboxylic acids is 1. The van der Waals surface area contributed by atoms with Crippen molar-refractivity contribution in [1.82, 2.24) is 5.32 Å². The maximum Gasteiger partial charge on any atom is 0.223 e. The molecule has 1 aromatic carbocycles. The molecule has 0 saturated heterocycles. The first kappa shape index (κ1) is 15.5. The van der Waals surface area contributed by atoms with E-state index in [0.717, 1.165) is 18.6 Å². The van der Waals surface area contributed by atoms with Crippen LogP contribution < -0.4 is 15.8 Å². The minimum Gasteiger partial charge on any atom is -0.493 e. The molecule has 1 aromatic rings. The van der Waals surface area contributed by atoms with E-state index in [4.69, 9.17) is 10.5 Å². The third-order valence-corrected chi connectivity index (χ3v) is 3.27. The molecule has 1 amide bonds. The van der Waals surface area contributed by atoms with Gasteiger partial charge in [-0.15, -0.1) is 0 Å². The van der Waals surface area contributed by atoms with Crippen molar-refractivity contribution in [2.24, 2.45) is 11.7 Å². The first-order chi connectivity index (χ1) is 9.02. The number of carbonyl (C=O) groups is 1. The molecule has 0 aromatic heterocycles. The summed E-state index contributed by atoms with van der Waals surface area (Å²) in [6, 6.07) is 8.52. The molecular formula is C15H24N2O2. The third-order valence-electron chi connectivity index (χ3n) is 3.27. The summed E-state index contributed by atoms with van der Waals surface area (Å²) in [7, 11) is 1.97. The molecule has 0 fully saturated rings. The Bertz CT molecular complexity index is 390. The Morgan fingerprint density at radius 2 is 1.95 bits per heavy atom. The van der Waals surface area contributed by atoms with Gasteiger partial charge in [0.15, 0.2) is 0 Å². The zero-order valence-corrected chi connectivity index (χ0v) is 12.0. The van der Waals surface area contributed by atoms with E-state index in [-0.39, 0.29) is 11.8 Å². The molecule has 0 bridgehead atoms. The van der Waals surface area contributed by atoms with E-state index in [2.05, 4.69) is 24.4 Å². The second-order valence-electron chi connectivity index (χ2n) is 4.99. The number of benzene rings is 1. The molecule has 2 unspecified atom stereocenters. The zero-order valence-electron chi connectivity index (χ0n) is 12.0. The summed E-state index contributed by atoms with van der Waals surface area (Å²) in [5, 5.41) is 3.22. The lowest BCUT2D eigenvalue weighted by Gasteiger charge is -2.11. The van der Waals surface area contributed by atoms with E-state index in [9.17, 15) is 4.79 Å². The van der Waals surface area contributed by atoms with Gasteiger partial charge in [0.2, 0.25) is 5.91 Å². The van der Waals surface area contributed by atoms with Gasteiger partial charge in [-0.1, -0.05) is 19.1 Å². The molecule has 0 heterocycles. The van der Waals surface area contributed by atoms with Crippen LogP contribution in [0.25, 0.3) is 0 Å². The van der Waals surface area contributed by atoms with Crippen LogP contribution in [0.5, 0.6) is 5.75 Å². The lowest BCUT2D eigenvalue weighted by Crippen LogP contribution is -2.25. The highest BCUT2D eigenvalue weighted by Crippen LogP contribution is 2.14. The molecule has 19 heavy (non-hydrogen) atoms. The van der Waals surface area contributed by atoms with E-state index in [1.54, 1.807) is 6.92 Å². The summed E-state index contributed by atoms with van der Waals surface area (Å²) >= 11 is 0. The second-order valence-corrected chi connectivity index (χ2v) is 4.99. The first-order valence-corrected chi connectivity index (χ1v) is 6.71. The van der Waals surface area contributed by atoms with Crippen molar-refractivity contribution >= 4 is 5.91 Å². The molecule has 2 atom stereocenters. The topological polar surface area (TPSA) is 64.3 Å². The van der Waals surface area contributed by atoms with Crippen LogP contribution in [0.3, 0.4) is 0 Å². The summed E-state index contributed by atoms with van der Waals surface area (Å²) in [6.07, 6.45) is 2.15. The van der Waals surface area contributed by atoms with Crippen molar-refractivity contribution in [2.75, 3.05) is 13.7 Å². The van der Waals surface area contributed by atoms with Gasteiger partial charge in [0.25, 0.3) is 0 Å². The molecular weight excluding hydrogens is 240 g/mol. The van der Waals surface area contributed by atoms with E-state index < -0.39 is 0 Å². The summed E-state index contributed by atoms with van der Waals surface area (Å²) in [5.74, 6) is 0.173. The summed E-state index contributed by atoms with van der Waals surface area (Å²) in [5.41, 5.74) is 6.47. The van der Waals surface area contributed by atoms with Gasteiger partial charge in [0.1, 0.15) is 5.75 Å². The summed E-state index contributed by atoms with van der Waals surface area (Å²) in [4.78, 5) is 10.9. The van der Waals surface area contributed by atoms with Crippen LogP contribution in [0, 0.1) is 5.92 Å². The predicted molar refractivity (Wildman–Crippen MR) is 77.1 cm³/mol. The number of hydrogen-bond donors (Lipinski definition) is 2. The molecule has 3 N–H and O–H groups in total. The highest BCUT2D eigenvalue weighted by Gasteiger charge is 2.09. The van der Waals surface area contributed by atoms with Crippen molar-refractivity contribution < 1.29 is 9.53 Å².